The summed E-state index contributed by atoms with van der Waals surface area (Å²) < 4.78 is 0. The first kappa shape index (κ1) is 14.9. The third-order valence-electron chi connectivity index (χ3n) is 3.52. The van der Waals surface area contributed by atoms with Gasteiger partial charge in [-0.25, -0.2) is 4.79 Å². The lowest BCUT2D eigenvalue weighted by molar-refractivity contribution is 0.0695. The van der Waals surface area contributed by atoms with Gasteiger partial charge in [0.2, 0.25) is 0 Å². The highest BCUT2D eigenvalue weighted by Gasteiger charge is 2.14. The predicted octanol–water partition coefficient (Wildman–Crippen LogP) is 3.43. The maximum atomic E-state index is 11.3. The lowest BCUT2D eigenvalue weighted by Crippen LogP contribution is -2.24. The zero-order valence-corrected chi connectivity index (χ0v) is 12.2. The Balaban J connectivity index is 2.36. The quantitative estimate of drug-likeness (QED) is 0.883. The molecule has 21 heavy (non-hydrogen) atoms. The van der Waals surface area contributed by atoms with E-state index in [1.54, 1.807) is 24.3 Å². The molecule has 0 aliphatic heterocycles. The van der Waals surface area contributed by atoms with E-state index in [1.807, 2.05) is 32.0 Å². The molecule has 2 aromatic carbocycles. The first-order valence-electron chi connectivity index (χ1n) is 6.88. The van der Waals surface area contributed by atoms with Crippen molar-refractivity contribution in [3.05, 3.63) is 59.2 Å². The van der Waals surface area contributed by atoms with Crippen LogP contribution in [-0.4, -0.2) is 22.7 Å². The first-order valence-corrected chi connectivity index (χ1v) is 6.88. The Morgan fingerprint density at radius 3 is 2.57 bits per heavy atom. The van der Waals surface area contributed by atoms with E-state index in [0.717, 1.165) is 23.4 Å². The molecule has 0 unspecified atom stereocenters. The fourth-order valence-corrected chi connectivity index (χ4v) is 2.38. The number of rotatable bonds is 5. The Labute approximate surface area is 124 Å². The number of phenols is 1. The molecular formula is C17H19NO3. The second-order valence-corrected chi connectivity index (χ2v) is 4.95. The van der Waals surface area contributed by atoms with E-state index >= 15 is 0 Å². The average Bonchev–Trinajstić information content (AvgIpc) is 2.47. The predicted molar refractivity (Wildman–Crippen MR) is 83.0 cm³/mol. The van der Waals surface area contributed by atoms with Gasteiger partial charge in [-0.3, -0.25) is 0 Å². The molecule has 0 aliphatic carbocycles. The number of benzene rings is 2. The minimum absolute atomic E-state index is 0.209. The van der Waals surface area contributed by atoms with E-state index in [9.17, 15) is 15.0 Å². The van der Waals surface area contributed by atoms with Crippen LogP contribution >= 0.6 is 0 Å². The van der Waals surface area contributed by atoms with Gasteiger partial charge in [0, 0.05) is 24.8 Å². The lowest BCUT2D eigenvalue weighted by Gasteiger charge is -2.26. The summed E-state index contributed by atoms with van der Waals surface area (Å²) in [6, 6.07) is 12.2. The number of hydrogen-bond donors (Lipinski definition) is 2. The molecule has 2 N–H and O–H groups in total. The van der Waals surface area contributed by atoms with Gasteiger partial charge in [-0.05, 0) is 37.1 Å². The van der Waals surface area contributed by atoms with Crippen LogP contribution in [0.25, 0.3) is 0 Å². The van der Waals surface area contributed by atoms with Gasteiger partial charge in [0.05, 0.1) is 5.56 Å². The van der Waals surface area contributed by atoms with Gasteiger partial charge in [-0.1, -0.05) is 24.3 Å². The average molecular weight is 285 g/mol. The minimum Gasteiger partial charge on any atom is -0.508 e. The van der Waals surface area contributed by atoms with Crippen molar-refractivity contribution in [1.29, 1.82) is 0 Å². The van der Waals surface area contributed by atoms with Crippen LogP contribution in [0.3, 0.4) is 0 Å². The number of anilines is 1. The standard InChI is InChI=1S/C17H19NO3/c1-3-18(16-10-14(19)9-8-12(16)2)11-13-6-4-5-7-15(13)17(20)21/h4-10,19H,3,11H2,1-2H3,(H,20,21). The molecule has 0 heterocycles. The maximum Gasteiger partial charge on any atom is 0.336 e. The van der Waals surface area contributed by atoms with E-state index in [-0.39, 0.29) is 5.75 Å². The van der Waals surface area contributed by atoms with Gasteiger partial charge in [-0.15, -0.1) is 0 Å². The van der Waals surface area contributed by atoms with Crippen LogP contribution in [0.2, 0.25) is 0 Å². The number of aromatic carboxylic acids is 1. The molecule has 0 aromatic heterocycles. The van der Waals surface area contributed by atoms with Crippen LogP contribution in [0.4, 0.5) is 5.69 Å². The van der Waals surface area contributed by atoms with Crippen molar-refractivity contribution in [3.8, 4) is 5.75 Å². The van der Waals surface area contributed by atoms with E-state index in [1.165, 1.54) is 0 Å². The Kier molecular flexibility index (Phi) is 4.48. The highest BCUT2D eigenvalue weighted by molar-refractivity contribution is 5.89. The van der Waals surface area contributed by atoms with Gasteiger partial charge >= 0.3 is 5.97 Å². The number of carboxylic acids is 1. The summed E-state index contributed by atoms with van der Waals surface area (Å²) in [5, 5.41) is 18.9. The van der Waals surface area contributed by atoms with Crippen molar-refractivity contribution in [1.82, 2.24) is 0 Å². The van der Waals surface area contributed by atoms with Crippen molar-refractivity contribution in [2.75, 3.05) is 11.4 Å². The molecule has 0 saturated carbocycles. The molecular weight excluding hydrogens is 266 g/mol. The van der Waals surface area contributed by atoms with Crippen LogP contribution in [0.1, 0.15) is 28.4 Å². The topological polar surface area (TPSA) is 60.8 Å². The molecule has 0 fully saturated rings. The number of phenolic OH excluding ortho intramolecular Hbond substituents is 1. The Bertz CT molecular complexity index is 652. The largest absolute Gasteiger partial charge is 0.508 e. The highest BCUT2D eigenvalue weighted by atomic mass is 16.4. The minimum atomic E-state index is -0.922. The summed E-state index contributed by atoms with van der Waals surface area (Å²) in [6.45, 7) is 5.19. The molecule has 0 saturated heterocycles. The van der Waals surface area contributed by atoms with Crippen LogP contribution in [-0.2, 0) is 6.54 Å². The van der Waals surface area contributed by atoms with Crippen LogP contribution in [0.15, 0.2) is 42.5 Å². The first-order chi connectivity index (χ1) is 10.0. The lowest BCUT2D eigenvalue weighted by atomic mass is 10.1. The molecule has 0 radical (unpaired) electrons. The summed E-state index contributed by atoms with van der Waals surface area (Å²) in [5.74, 6) is -0.713. The number of carboxylic acid groups (broad SMARTS) is 1. The normalized spacial score (nSPS) is 10.4. The summed E-state index contributed by atoms with van der Waals surface area (Å²) >= 11 is 0. The Morgan fingerprint density at radius 2 is 1.90 bits per heavy atom. The molecule has 0 aliphatic rings. The number of nitrogens with zero attached hydrogens (tertiary/aromatic N) is 1. The highest BCUT2D eigenvalue weighted by Crippen LogP contribution is 2.26. The van der Waals surface area contributed by atoms with E-state index in [2.05, 4.69) is 4.90 Å². The molecule has 2 aromatic rings. The van der Waals surface area contributed by atoms with E-state index < -0.39 is 5.97 Å². The zero-order chi connectivity index (χ0) is 15.4. The smallest absolute Gasteiger partial charge is 0.336 e. The molecule has 0 bridgehead atoms. The molecule has 4 nitrogen and oxygen atoms in total. The van der Waals surface area contributed by atoms with Crippen LogP contribution in [0, 0.1) is 6.92 Å². The van der Waals surface area contributed by atoms with Gasteiger partial charge in [-0.2, -0.15) is 0 Å². The van der Waals surface area contributed by atoms with Crippen LogP contribution in [0.5, 0.6) is 5.75 Å². The second kappa shape index (κ2) is 6.31. The SMILES string of the molecule is CCN(Cc1ccccc1C(=O)O)c1cc(O)ccc1C. The molecule has 4 heteroatoms. The van der Waals surface area contributed by atoms with Gasteiger partial charge in [0.15, 0.2) is 0 Å². The van der Waals surface area contributed by atoms with Crippen molar-refractivity contribution in [2.45, 2.75) is 20.4 Å². The molecule has 0 spiro atoms. The Morgan fingerprint density at radius 1 is 1.19 bits per heavy atom. The monoisotopic (exact) mass is 285 g/mol. The summed E-state index contributed by atoms with van der Waals surface area (Å²) in [6.07, 6.45) is 0. The van der Waals surface area contributed by atoms with Gasteiger partial charge in [0.1, 0.15) is 5.75 Å². The zero-order valence-electron chi connectivity index (χ0n) is 12.2. The van der Waals surface area contributed by atoms with Crippen molar-refractivity contribution < 1.29 is 15.0 Å². The van der Waals surface area contributed by atoms with Crippen molar-refractivity contribution in [2.24, 2.45) is 0 Å². The fraction of sp³-hybridized carbons (Fsp3) is 0.235. The molecule has 0 atom stereocenters. The summed E-state index contributed by atoms with van der Waals surface area (Å²) in [7, 11) is 0. The van der Waals surface area contributed by atoms with Gasteiger partial charge < -0.3 is 15.1 Å². The van der Waals surface area contributed by atoms with Crippen molar-refractivity contribution in [3.63, 3.8) is 0 Å². The molecule has 2 rings (SSSR count). The summed E-state index contributed by atoms with van der Waals surface area (Å²) in [4.78, 5) is 13.3. The third-order valence-corrected chi connectivity index (χ3v) is 3.52. The number of carbonyl (C=O) groups is 1. The Hall–Kier alpha value is -2.49. The molecule has 110 valence electrons. The second-order valence-electron chi connectivity index (χ2n) is 4.95. The number of hydrogen-bond acceptors (Lipinski definition) is 3. The number of aryl methyl sites for hydroxylation is 1. The summed E-state index contributed by atoms with van der Waals surface area (Å²) in [5.41, 5.74) is 3.03. The van der Waals surface area contributed by atoms with E-state index in [0.29, 0.717) is 12.1 Å². The van der Waals surface area contributed by atoms with Crippen LogP contribution < -0.4 is 4.90 Å². The maximum absolute atomic E-state index is 11.3. The molecule has 0 amide bonds. The van der Waals surface area contributed by atoms with Crippen molar-refractivity contribution >= 4 is 11.7 Å². The third kappa shape index (κ3) is 3.34. The van der Waals surface area contributed by atoms with Gasteiger partial charge in [0.25, 0.3) is 0 Å². The van der Waals surface area contributed by atoms with E-state index in [4.69, 9.17) is 0 Å². The number of aromatic hydroxyl groups is 1. The fourth-order valence-electron chi connectivity index (χ4n) is 2.38.